The molecule has 3 N–H and O–H groups in total. The Labute approximate surface area is 213 Å². The molecule has 0 bridgehead atoms. The van der Waals surface area contributed by atoms with Crippen molar-refractivity contribution in [3.05, 3.63) is 0 Å². The van der Waals surface area contributed by atoms with Crippen LogP contribution in [0.25, 0.3) is 0 Å². The number of esters is 1. The molecule has 0 rings (SSSR count). The van der Waals surface area contributed by atoms with Gasteiger partial charge in [0, 0.05) is 31.8 Å². The molecular weight excluding hydrogens is 469 g/mol. The first-order valence-electron chi connectivity index (χ1n) is 11.8. The average Bonchev–Trinajstić information content (AvgIpc) is 2.71. The minimum Gasteiger partial charge on any atom is -0.468 e. The number of methoxy groups -OCH3 is 1. The van der Waals surface area contributed by atoms with E-state index in [9.17, 15) is 19.2 Å². The molecule has 10 nitrogen and oxygen atoms in total. The van der Waals surface area contributed by atoms with Gasteiger partial charge in [0.05, 0.1) is 19.7 Å². The molecule has 0 aliphatic heterocycles. The number of hydrogen-bond acceptors (Lipinski definition) is 7. The fraction of sp³-hybridized carbons (Fsp3) is 0.833. The topological polar surface area (TPSA) is 125 Å². The second-order valence-electron chi connectivity index (χ2n) is 11.4. The van der Waals surface area contributed by atoms with Crippen molar-refractivity contribution in [1.29, 1.82) is 0 Å². The van der Waals surface area contributed by atoms with E-state index in [-0.39, 0.29) is 42.8 Å². The Morgan fingerprint density at radius 1 is 1.00 bits per heavy atom. The van der Waals surface area contributed by atoms with Crippen LogP contribution in [0.5, 0.6) is 0 Å². The van der Waals surface area contributed by atoms with E-state index < -0.39 is 28.6 Å². The van der Waals surface area contributed by atoms with Gasteiger partial charge >= 0.3 is 5.97 Å². The van der Waals surface area contributed by atoms with E-state index in [1.165, 1.54) is 12.0 Å². The Kier molecular flexibility index (Phi) is 12.8. The highest BCUT2D eigenvalue weighted by Gasteiger charge is 2.39. The van der Waals surface area contributed by atoms with Crippen molar-refractivity contribution in [2.75, 3.05) is 47.9 Å². The number of nitrogens with zero attached hydrogens (tertiary/aromatic N) is 3. The Bertz CT molecular complexity index is 748. The molecule has 35 heavy (non-hydrogen) atoms. The van der Waals surface area contributed by atoms with E-state index in [1.807, 2.05) is 53.4 Å². The Balaban J connectivity index is 5.55. The third kappa shape index (κ3) is 10.8. The van der Waals surface area contributed by atoms with Crippen LogP contribution in [0.4, 0.5) is 0 Å². The first kappa shape index (κ1) is 33.2. The molecule has 3 amide bonds. The molecule has 0 radical (unpaired) electrons. The lowest BCUT2D eigenvalue weighted by Gasteiger charge is -2.40. The first-order valence-corrected chi connectivity index (χ1v) is 12.4. The van der Waals surface area contributed by atoms with Crippen LogP contribution in [0.1, 0.15) is 48.5 Å². The lowest BCUT2D eigenvalue weighted by atomic mass is 9.84. The SMILES string of the molecule is COC(=O)CN(C)C(=O)CN(C)CC(C(C)C)N(C)C(=O)C(NC(=O)C(N)C(C)(C)P)C(C)(C)C. The van der Waals surface area contributed by atoms with Crippen LogP contribution in [0.3, 0.4) is 0 Å². The molecule has 0 spiro atoms. The van der Waals surface area contributed by atoms with Gasteiger partial charge in [-0.05, 0) is 18.4 Å². The Morgan fingerprint density at radius 2 is 1.51 bits per heavy atom. The van der Waals surface area contributed by atoms with Crippen LogP contribution in [-0.4, -0.2) is 110 Å². The van der Waals surface area contributed by atoms with Crippen LogP contribution < -0.4 is 11.1 Å². The highest BCUT2D eigenvalue weighted by atomic mass is 31.0. The molecule has 0 aliphatic carbocycles. The number of amides is 3. The normalized spacial score (nSPS) is 14.8. The van der Waals surface area contributed by atoms with E-state index in [2.05, 4.69) is 19.3 Å². The molecule has 204 valence electrons. The van der Waals surface area contributed by atoms with Crippen molar-refractivity contribution in [3.63, 3.8) is 0 Å². The zero-order valence-electron chi connectivity index (χ0n) is 23.5. The highest BCUT2D eigenvalue weighted by molar-refractivity contribution is 7.19. The summed E-state index contributed by atoms with van der Waals surface area (Å²) in [7, 11) is 8.89. The van der Waals surface area contributed by atoms with Crippen LogP contribution in [0.15, 0.2) is 0 Å². The van der Waals surface area contributed by atoms with Crippen molar-refractivity contribution < 1.29 is 23.9 Å². The lowest BCUT2D eigenvalue weighted by Crippen LogP contribution is -2.61. The fourth-order valence-electron chi connectivity index (χ4n) is 3.45. The number of nitrogens with one attached hydrogen (secondary N) is 1. The van der Waals surface area contributed by atoms with Crippen LogP contribution in [-0.2, 0) is 23.9 Å². The van der Waals surface area contributed by atoms with E-state index in [1.54, 1.807) is 26.0 Å². The molecule has 0 saturated carbocycles. The maximum Gasteiger partial charge on any atom is 0.325 e. The zero-order chi connectivity index (χ0) is 27.9. The number of likely N-dealkylation sites (N-methyl/N-ethyl adjacent to an activating group) is 3. The summed E-state index contributed by atoms with van der Waals surface area (Å²) in [5, 5.41) is 2.35. The molecule has 4 atom stereocenters. The number of hydrogen-bond donors (Lipinski definition) is 2. The van der Waals surface area contributed by atoms with Gasteiger partial charge in [-0.1, -0.05) is 48.5 Å². The van der Waals surface area contributed by atoms with Crippen LogP contribution in [0.2, 0.25) is 0 Å². The predicted octanol–water partition coefficient (Wildman–Crippen LogP) is 0.545. The molecule has 0 aliphatic rings. The van der Waals surface area contributed by atoms with Gasteiger partial charge in [0.1, 0.15) is 12.6 Å². The van der Waals surface area contributed by atoms with Gasteiger partial charge in [0.25, 0.3) is 0 Å². The van der Waals surface area contributed by atoms with Crippen molar-refractivity contribution in [2.45, 2.75) is 71.7 Å². The fourth-order valence-corrected chi connectivity index (χ4v) is 3.60. The molecule has 0 fully saturated rings. The van der Waals surface area contributed by atoms with Crippen molar-refractivity contribution in [1.82, 2.24) is 20.0 Å². The van der Waals surface area contributed by atoms with Gasteiger partial charge in [-0.25, -0.2) is 0 Å². The summed E-state index contributed by atoms with van der Waals surface area (Å²) in [5.41, 5.74) is 5.57. The zero-order valence-corrected chi connectivity index (χ0v) is 24.6. The monoisotopic (exact) mass is 517 g/mol. The first-order chi connectivity index (χ1) is 15.7. The second kappa shape index (κ2) is 13.5. The van der Waals surface area contributed by atoms with Gasteiger partial charge in [0.15, 0.2) is 0 Å². The van der Waals surface area contributed by atoms with Gasteiger partial charge in [-0.2, -0.15) is 0 Å². The van der Waals surface area contributed by atoms with Gasteiger partial charge in [-0.3, -0.25) is 24.1 Å². The summed E-state index contributed by atoms with van der Waals surface area (Å²) in [6.07, 6.45) is 0. The molecule has 0 aromatic rings. The standard InChI is InChI=1S/C24H48N5O5P/c1-15(2)16(12-27(8)13-17(30)28(9)14-18(31)34-11)29(10)22(33)20(23(3,4)5)26-21(32)19(25)24(6,7)35/h15-16,19-20H,12-14,25,35H2,1-11H3,(H,26,32). The summed E-state index contributed by atoms with van der Waals surface area (Å²) in [6, 6.07) is -1.80. The van der Waals surface area contributed by atoms with Gasteiger partial charge < -0.3 is 25.6 Å². The van der Waals surface area contributed by atoms with Crippen LogP contribution >= 0.6 is 9.24 Å². The smallest absolute Gasteiger partial charge is 0.325 e. The van der Waals surface area contributed by atoms with Gasteiger partial charge in [0.2, 0.25) is 17.7 Å². The maximum absolute atomic E-state index is 13.6. The van der Waals surface area contributed by atoms with Crippen molar-refractivity contribution in [2.24, 2.45) is 17.1 Å². The molecule has 0 heterocycles. The number of carbonyl (C=O) groups excluding carboxylic acids is 4. The summed E-state index contributed by atoms with van der Waals surface area (Å²) < 4.78 is 4.61. The van der Waals surface area contributed by atoms with E-state index >= 15 is 0 Å². The third-order valence-electron chi connectivity index (χ3n) is 6.02. The highest BCUT2D eigenvalue weighted by Crippen LogP contribution is 2.25. The number of ether oxygens (including phenoxy) is 1. The summed E-state index contributed by atoms with van der Waals surface area (Å²) in [6.45, 7) is 13.8. The largest absolute Gasteiger partial charge is 0.468 e. The molecule has 4 unspecified atom stereocenters. The van der Waals surface area contributed by atoms with Crippen LogP contribution in [0, 0.1) is 11.3 Å². The summed E-state index contributed by atoms with van der Waals surface area (Å²) >= 11 is 0. The van der Waals surface area contributed by atoms with Crippen molar-refractivity contribution in [3.8, 4) is 0 Å². The Hall–Kier alpha value is -1.77. The number of rotatable bonds is 12. The molecule has 0 saturated heterocycles. The minimum absolute atomic E-state index is 0.0796. The average molecular weight is 518 g/mol. The minimum atomic E-state index is -0.796. The molecule has 11 heteroatoms. The summed E-state index contributed by atoms with van der Waals surface area (Å²) in [5.74, 6) is -1.25. The summed E-state index contributed by atoms with van der Waals surface area (Å²) in [4.78, 5) is 55.2. The van der Waals surface area contributed by atoms with E-state index in [0.717, 1.165) is 0 Å². The Morgan fingerprint density at radius 3 is 1.91 bits per heavy atom. The third-order valence-corrected chi connectivity index (χ3v) is 6.38. The van der Waals surface area contributed by atoms with Crippen molar-refractivity contribution >= 4 is 32.9 Å². The van der Waals surface area contributed by atoms with Gasteiger partial charge in [-0.15, -0.1) is 9.24 Å². The van der Waals surface area contributed by atoms with E-state index in [0.29, 0.717) is 6.54 Å². The predicted molar refractivity (Wildman–Crippen MR) is 142 cm³/mol. The maximum atomic E-state index is 13.6. The molecule has 0 aromatic heterocycles. The van der Waals surface area contributed by atoms with E-state index in [4.69, 9.17) is 5.73 Å². The number of nitrogens with two attached hydrogens (primary N) is 1. The second-order valence-corrected chi connectivity index (χ2v) is 12.9. The molecular formula is C24H48N5O5P. The quantitative estimate of drug-likeness (QED) is 0.286. The lowest BCUT2D eigenvalue weighted by molar-refractivity contribution is -0.146. The number of carbonyl (C=O) groups is 4. The molecule has 0 aromatic carbocycles.